The van der Waals surface area contributed by atoms with E-state index in [-0.39, 0.29) is 5.60 Å². The monoisotopic (exact) mass is 259 g/mol. The van der Waals surface area contributed by atoms with Crippen molar-refractivity contribution in [2.24, 2.45) is 0 Å². The molecule has 1 atom stereocenters. The Kier molecular flexibility index (Phi) is 5.13. The maximum atomic E-state index is 6.35. The van der Waals surface area contributed by atoms with Crippen molar-refractivity contribution in [2.45, 2.75) is 63.6 Å². The molecule has 1 aliphatic carbocycles. The largest absolute Gasteiger partial charge is 0.370 e. The van der Waals surface area contributed by atoms with Gasteiger partial charge >= 0.3 is 0 Å². The van der Waals surface area contributed by atoms with Gasteiger partial charge in [0.15, 0.2) is 0 Å². The first-order chi connectivity index (χ1) is 8.28. The summed E-state index contributed by atoms with van der Waals surface area (Å²) in [6.45, 7) is 5.47. The van der Waals surface area contributed by atoms with Crippen LogP contribution in [0.4, 0.5) is 0 Å². The Morgan fingerprint density at radius 1 is 1.24 bits per heavy atom. The van der Waals surface area contributed by atoms with E-state index in [1.165, 1.54) is 44.9 Å². The van der Waals surface area contributed by atoms with E-state index in [4.69, 9.17) is 16.3 Å². The molecule has 0 aromatic heterocycles. The van der Waals surface area contributed by atoms with E-state index in [9.17, 15) is 0 Å². The fraction of sp³-hybridized carbons (Fsp3) is 1.00. The SMILES string of the molecule is CCCN(CCCl)CC1CCC2(CCCC2)O1. The van der Waals surface area contributed by atoms with Crippen molar-refractivity contribution in [3.8, 4) is 0 Å². The smallest absolute Gasteiger partial charge is 0.0710 e. The summed E-state index contributed by atoms with van der Waals surface area (Å²) in [5.74, 6) is 0.734. The van der Waals surface area contributed by atoms with Gasteiger partial charge in [-0.25, -0.2) is 0 Å². The van der Waals surface area contributed by atoms with E-state index >= 15 is 0 Å². The van der Waals surface area contributed by atoms with Gasteiger partial charge in [0.05, 0.1) is 11.7 Å². The maximum Gasteiger partial charge on any atom is 0.0710 e. The molecule has 0 bridgehead atoms. The van der Waals surface area contributed by atoms with Crippen molar-refractivity contribution < 1.29 is 4.74 Å². The van der Waals surface area contributed by atoms with Gasteiger partial charge in [-0.3, -0.25) is 4.90 Å². The van der Waals surface area contributed by atoms with E-state index in [1.807, 2.05) is 0 Å². The molecule has 2 nitrogen and oxygen atoms in total. The summed E-state index contributed by atoms with van der Waals surface area (Å²) < 4.78 is 6.35. The number of rotatable bonds is 6. The minimum absolute atomic E-state index is 0.281. The average molecular weight is 260 g/mol. The molecule has 0 N–H and O–H groups in total. The second kappa shape index (κ2) is 6.40. The van der Waals surface area contributed by atoms with Gasteiger partial charge in [0.1, 0.15) is 0 Å². The molecule has 0 aromatic carbocycles. The number of halogens is 1. The van der Waals surface area contributed by atoms with Gasteiger partial charge in [0, 0.05) is 19.0 Å². The van der Waals surface area contributed by atoms with Crippen molar-refractivity contribution in [1.29, 1.82) is 0 Å². The minimum Gasteiger partial charge on any atom is -0.370 e. The van der Waals surface area contributed by atoms with Crippen molar-refractivity contribution in [1.82, 2.24) is 4.90 Å². The number of alkyl halides is 1. The third-order valence-corrected chi connectivity index (χ3v) is 4.42. The standard InChI is InChI=1S/C14H26ClNO/c1-2-10-16(11-9-15)12-13-5-8-14(17-13)6-3-4-7-14/h13H,2-12H2,1H3. The molecule has 3 heteroatoms. The highest BCUT2D eigenvalue weighted by Crippen LogP contribution is 2.43. The zero-order valence-electron chi connectivity index (χ0n) is 11.1. The molecule has 1 aliphatic heterocycles. The highest BCUT2D eigenvalue weighted by Gasteiger charge is 2.42. The van der Waals surface area contributed by atoms with Crippen molar-refractivity contribution in [3.05, 3.63) is 0 Å². The van der Waals surface area contributed by atoms with Crippen LogP contribution in [-0.2, 0) is 4.74 Å². The van der Waals surface area contributed by atoms with Crippen LogP contribution in [0, 0.1) is 0 Å². The predicted molar refractivity (Wildman–Crippen MR) is 72.8 cm³/mol. The molecule has 1 heterocycles. The Hall–Kier alpha value is 0.210. The summed E-state index contributed by atoms with van der Waals surface area (Å²) in [6, 6.07) is 0. The molecule has 0 amide bonds. The molecule has 1 saturated carbocycles. The van der Waals surface area contributed by atoms with Gasteiger partial charge in [0.25, 0.3) is 0 Å². The Labute approximate surface area is 111 Å². The molecule has 2 rings (SSSR count). The normalized spacial score (nSPS) is 27.4. The lowest BCUT2D eigenvalue weighted by molar-refractivity contribution is -0.0467. The number of hydrogen-bond donors (Lipinski definition) is 0. The van der Waals surface area contributed by atoms with Crippen LogP contribution in [0.15, 0.2) is 0 Å². The van der Waals surface area contributed by atoms with Crippen molar-refractivity contribution in [3.63, 3.8) is 0 Å². The molecule has 100 valence electrons. The van der Waals surface area contributed by atoms with Crippen LogP contribution in [0.25, 0.3) is 0 Å². The van der Waals surface area contributed by atoms with Crippen LogP contribution >= 0.6 is 11.6 Å². The lowest BCUT2D eigenvalue weighted by atomic mass is 9.98. The van der Waals surface area contributed by atoms with Gasteiger partial charge in [-0.15, -0.1) is 11.6 Å². The van der Waals surface area contributed by atoms with Crippen LogP contribution in [-0.4, -0.2) is 42.1 Å². The van der Waals surface area contributed by atoms with Crippen LogP contribution in [0.3, 0.4) is 0 Å². The van der Waals surface area contributed by atoms with Crippen molar-refractivity contribution in [2.75, 3.05) is 25.5 Å². The Balaban J connectivity index is 1.79. The van der Waals surface area contributed by atoms with E-state index in [1.54, 1.807) is 0 Å². The Morgan fingerprint density at radius 2 is 2.00 bits per heavy atom. The number of hydrogen-bond acceptors (Lipinski definition) is 2. The van der Waals surface area contributed by atoms with E-state index in [0.29, 0.717) is 6.10 Å². The van der Waals surface area contributed by atoms with Gasteiger partial charge in [-0.05, 0) is 38.6 Å². The molecular formula is C14H26ClNO. The van der Waals surface area contributed by atoms with E-state index < -0.39 is 0 Å². The van der Waals surface area contributed by atoms with Crippen molar-refractivity contribution >= 4 is 11.6 Å². The second-order valence-corrected chi connectivity index (χ2v) is 6.04. The summed E-state index contributed by atoms with van der Waals surface area (Å²) in [6.07, 6.45) is 9.54. The van der Waals surface area contributed by atoms with Gasteiger partial charge in [-0.2, -0.15) is 0 Å². The maximum absolute atomic E-state index is 6.35. The summed E-state index contributed by atoms with van der Waals surface area (Å²) in [4.78, 5) is 2.46. The first-order valence-electron chi connectivity index (χ1n) is 7.24. The van der Waals surface area contributed by atoms with E-state index in [2.05, 4.69) is 11.8 Å². The molecule has 17 heavy (non-hydrogen) atoms. The minimum atomic E-state index is 0.281. The first kappa shape index (κ1) is 13.6. The van der Waals surface area contributed by atoms with E-state index in [0.717, 1.165) is 25.5 Å². The molecule has 1 spiro atoms. The third-order valence-electron chi connectivity index (χ3n) is 4.26. The summed E-state index contributed by atoms with van der Waals surface area (Å²) in [7, 11) is 0. The Morgan fingerprint density at radius 3 is 2.65 bits per heavy atom. The molecule has 2 aliphatic rings. The fourth-order valence-electron chi connectivity index (χ4n) is 3.43. The van der Waals surface area contributed by atoms with Gasteiger partial charge < -0.3 is 4.74 Å². The molecular weight excluding hydrogens is 234 g/mol. The zero-order valence-corrected chi connectivity index (χ0v) is 11.8. The highest BCUT2D eigenvalue weighted by atomic mass is 35.5. The lowest BCUT2D eigenvalue weighted by Gasteiger charge is -2.27. The number of nitrogens with zero attached hydrogens (tertiary/aromatic N) is 1. The van der Waals surface area contributed by atoms with Crippen LogP contribution in [0.5, 0.6) is 0 Å². The highest BCUT2D eigenvalue weighted by molar-refractivity contribution is 6.18. The van der Waals surface area contributed by atoms with Crippen LogP contribution in [0.1, 0.15) is 51.9 Å². The quantitative estimate of drug-likeness (QED) is 0.678. The summed E-state index contributed by atoms with van der Waals surface area (Å²) in [5.41, 5.74) is 0.281. The molecule has 1 unspecified atom stereocenters. The molecule has 1 saturated heterocycles. The lowest BCUT2D eigenvalue weighted by Crippen LogP contribution is -2.36. The fourth-order valence-corrected chi connectivity index (χ4v) is 3.67. The van der Waals surface area contributed by atoms with Crippen LogP contribution < -0.4 is 0 Å². The predicted octanol–water partition coefficient (Wildman–Crippen LogP) is 3.43. The van der Waals surface area contributed by atoms with Crippen LogP contribution in [0.2, 0.25) is 0 Å². The summed E-state index contributed by atoms with van der Waals surface area (Å²) in [5, 5.41) is 0. The summed E-state index contributed by atoms with van der Waals surface area (Å²) >= 11 is 5.86. The van der Waals surface area contributed by atoms with Gasteiger partial charge in [0.2, 0.25) is 0 Å². The molecule has 0 aromatic rings. The topological polar surface area (TPSA) is 12.5 Å². The second-order valence-electron chi connectivity index (χ2n) is 5.66. The third kappa shape index (κ3) is 3.59. The molecule has 2 fully saturated rings. The Bertz CT molecular complexity index is 222. The molecule has 0 radical (unpaired) electrons. The number of ether oxygens (including phenoxy) is 1. The average Bonchev–Trinajstić information content (AvgIpc) is 2.91. The first-order valence-corrected chi connectivity index (χ1v) is 7.77. The van der Waals surface area contributed by atoms with Gasteiger partial charge in [-0.1, -0.05) is 19.8 Å². The zero-order chi connectivity index (χ0) is 12.1.